The van der Waals surface area contributed by atoms with Gasteiger partial charge in [0.1, 0.15) is 0 Å². The van der Waals surface area contributed by atoms with E-state index in [1.165, 1.54) is 18.4 Å². The summed E-state index contributed by atoms with van der Waals surface area (Å²) in [6.07, 6.45) is 9.12. The molecule has 0 radical (unpaired) electrons. The van der Waals surface area contributed by atoms with Crippen LogP contribution < -0.4 is 11.2 Å². The number of amides is 2. The van der Waals surface area contributed by atoms with Crippen LogP contribution in [0.3, 0.4) is 0 Å². The number of hydrazone groups is 1. The van der Waals surface area contributed by atoms with Crippen LogP contribution in [0, 0.1) is 12.3 Å². The van der Waals surface area contributed by atoms with Crippen LogP contribution >= 0.6 is 0 Å². The lowest BCUT2D eigenvalue weighted by molar-refractivity contribution is 0.249. The Bertz CT molecular complexity index is 200. The standard InChI is InChI=1S/C6H7N3O/c1-2-3-4-5-8-9-6(7)10/h1,3-5H,(H3,7,9,10)/b4-3+,8-5+. The summed E-state index contributed by atoms with van der Waals surface area (Å²) in [6, 6.07) is -0.703. The molecule has 0 fully saturated rings. The zero-order valence-corrected chi connectivity index (χ0v) is 5.24. The molecule has 10 heavy (non-hydrogen) atoms. The number of primary amides is 1. The second-order valence-electron chi connectivity index (χ2n) is 1.28. The zero-order valence-electron chi connectivity index (χ0n) is 5.24. The van der Waals surface area contributed by atoms with Crippen molar-refractivity contribution < 1.29 is 4.79 Å². The minimum absolute atomic E-state index is 0.703. The third-order valence-corrected chi connectivity index (χ3v) is 0.528. The van der Waals surface area contributed by atoms with E-state index < -0.39 is 6.03 Å². The molecule has 0 heterocycles. The average Bonchev–Trinajstić information content (AvgIpc) is 1.87. The van der Waals surface area contributed by atoms with Gasteiger partial charge in [0.2, 0.25) is 0 Å². The molecule has 0 aliphatic rings. The number of urea groups is 1. The zero-order chi connectivity index (χ0) is 7.82. The van der Waals surface area contributed by atoms with E-state index in [-0.39, 0.29) is 0 Å². The highest BCUT2D eigenvalue weighted by atomic mass is 16.2. The number of nitrogens with zero attached hydrogens (tertiary/aromatic N) is 1. The molecule has 3 N–H and O–H groups in total. The third-order valence-electron chi connectivity index (χ3n) is 0.528. The maximum atomic E-state index is 9.96. The maximum absolute atomic E-state index is 9.96. The van der Waals surface area contributed by atoms with E-state index in [4.69, 9.17) is 6.42 Å². The molecule has 0 atom stereocenters. The summed E-state index contributed by atoms with van der Waals surface area (Å²) in [4.78, 5) is 9.96. The highest BCUT2D eigenvalue weighted by Gasteiger charge is 1.79. The number of rotatable bonds is 2. The number of carbonyl (C=O) groups is 1. The topological polar surface area (TPSA) is 67.5 Å². The third kappa shape index (κ3) is 6.24. The summed E-state index contributed by atoms with van der Waals surface area (Å²) in [7, 11) is 0. The van der Waals surface area contributed by atoms with Crippen LogP contribution in [0.5, 0.6) is 0 Å². The molecular weight excluding hydrogens is 130 g/mol. The summed E-state index contributed by atoms with van der Waals surface area (Å²) in [6.45, 7) is 0. The van der Waals surface area contributed by atoms with Crippen LogP contribution in [-0.4, -0.2) is 12.2 Å². The molecule has 0 saturated carbocycles. The first-order valence-corrected chi connectivity index (χ1v) is 2.47. The summed E-state index contributed by atoms with van der Waals surface area (Å²) < 4.78 is 0. The SMILES string of the molecule is C#C/C=C/C=N/NC(N)=O. The fraction of sp³-hybridized carbons (Fsp3) is 0. The van der Waals surface area contributed by atoms with Crippen LogP contribution in [0.2, 0.25) is 0 Å². The molecule has 4 nitrogen and oxygen atoms in total. The first-order chi connectivity index (χ1) is 4.77. The second kappa shape index (κ2) is 5.38. The average molecular weight is 137 g/mol. The number of nitrogens with two attached hydrogens (primary N) is 1. The highest BCUT2D eigenvalue weighted by molar-refractivity contribution is 5.76. The smallest absolute Gasteiger partial charge is 0.332 e. The molecule has 0 rings (SSSR count). The van der Waals surface area contributed by atoms with Crippen molar-refractivity contribution in [3.05, 3.63) is 12.2 Å². The van der Waals surface area contributed by atoms with Crippen LogP contribution in [0.4, 0.5) is 4.79 Å². The van der Waals surface area contributed by atoms with Gasteiger partial charge < -0.3 is 5.73 Å². The van der Waals surface area contributed by atoms with E-state index in [9.17, 15) is 4.79 Å². The van der Waals surface area contributed by atoms with Gasteiger partial charge in [-0.25, -0.2) is 10.2 Å². The quantitative estimate of drug-likeness (QED) is 0.309. The van der Waals surface area contributed by atoms with Gasteiger partial charge in [0.05, 0.1) is 0 Å². The van der Waals surface area contributed by atoms with Gasteiger partial charge in [-0.1, -0.05) is 5.92 Å². The Kier molecular flexibility index (Phi) is 4.43. The highest BCUT2D eigenvalue weighted by Crippen LogP contribution is 1.63. The molecule has 0 spiro atoms. The number of hydrogen-bond donors (Lipinski definition) is 2. The van der Waals surface area contributed by atoms with Crippen molar-refractivity contribution in [2.45, 2.75) is 0 Å². The Balaban J connectivity index is 3.50. The lowest BCUT2D eigenvalue weighted by Crippen LogP contribution is -2.24. The van der Waals surface area contributed by atoms with Crippen LogP contribution in [-0.2, 0) is 0 Å². The normalized spacial score (nSPS) is 9.90. The van der Waals surface area contributed by atoms with Crippen molar-refractivity contribution in [1.82, 2.24) is 5.43 Å². The van der Waals surface area contributed by atoms with Crippen molar-refractivity contribution in [1.29, 1.82) is 0 Å². The summed E-state index contributed by atoms with van der Waals surface area (Å²) in [5.41, 5.74) is 6.67. The van der Waals surface area contributed by atoms with Crippen LogP contribution in [0.15, 0.2) is 17.3 Å². The van der Waals surface area contributed by atoms with E-state index in [2.05, 4.69) is 16.8 Å². The number of allylic oxidation sites excluding steroid dienone is 2. The lowest BCUT2D eigenvalue weighted by Gasteiger charge is -1.85. The molecule has 0 aromatic rings. The van der Waals surface area contributed by atoms with E-state index in [1.54, 1.807) is 0 Å². The predicted molar refractivity (Wildman–Crippen MR) is 39.2 cm³/mol. The molecule has 0 aliphatic heterocycles. The first-order valence-electron chi connectivity index (χ1n) is 2.47. The van der Waals surface area contributed by atoms with Gasteiger partial charge in [0, 0.05) is 6.21 Å². The Morgan fingerprint density at radius 3 is 3.00 bits per heavy atom. The fourth-order valence-corrected chi connectivity index (χ4v) is 0.243. The Morgan fingerprint density at radius 1 is 1.80 bits per heavy atom. The van der Waals surface area contributed by atoms with E-state index >= 15 is 0 Å². The molecule has 0 unspecified atom stereocenters. The molecular formula is C6H7N3O. The monoisotopic (exact) mass is 137 g/mol. The van der Waals surface area contributed by atoms with Crippen molar-refractivity contribution in [3.8, 4) is 12.3 Å². The van der Waals surface area contributed by atoms with Gasteiger partial charge in [-0.2, -0.15) is 5.10 Å². The van der Waals surface area contributed by atoms with Gasteiger partial charge >= 0.3 is 6.03 Å². The molecule has 0 saturated heterocycles. The minimum Gasteiger partial charge on any atom is -0.350 e. The Labute approximate surface area is 58.8 Å². The largest absolute Gasteiger partial charge is 0.350 e. The van der Waals surface area contributed by atoms with E-state index in [1.807, 2.05) is 5.43 Å². The van der Waals surface area contributed by atoms with E-state index in [0.717, 1.165) is 0 Å². The Morgan fingerprint density at radius 2 is 2.50 bits per heavy atom. The maximum Gasteiger partial charge on any atom is 0.332 e. The van der Waals surface area contributed by atoms with Crippen molar-refractivity contribution in [2.75, 3.05) is 0 Å². The molecule has 0 aliphatic carbocycles. The summed E-state index contributed by atoms with van der Waals surface area (Å²) >= 11 is 0. The minimum atomic E-state index is -0.703. The second-order valence-corrected chi connectivity index (χ2v) is 1.28. The van der Waals surface area contributed by atoms with Gasteiger partial charge in [-0.05, 0) is 12.2 Å². The van der Waals surface area contributed by atoms with Gasteiger partial charge in [0.15, 0.2) is 0 Å². The van der Waals surface area contributed by atoms with Gasteiger partial charge in [-0.15, -0.1) is 6.42 Å². The molecule has 0 bridgehead atoms. The molecule has 0 aromatic heterocycles. The molecule has 2 amide bonds. The summed E-state index contributed by atoms with van der Waals surface area (Å²) in [5, 5.41) is 3.38. The van der Waals surface area contributed by atoms with Gasteiger partial charge in [0.25, 0.3) is 0 Å². The number of nitrogens with one attached hydrogen (secondary N) is 1. The fourth-order valence-electron chi connectivity index (χ4n) is 0.243. The number of carbonyl (C=O) groups excluding carboxylic acids is 1. The van der Waals surface area contributed by atoms with Crippen molar-refractivity contribution in [3.63, 3.8) is 0 Å². The molecule has 0 aromatic carbocycles. The van der Waals surface area contributed by atoms with Crippen molar-refractivity contribution >= 4 is 12.2 Å². The number of terminal acetylenes is 1. The first kappa shape index (κ1) is 8.24. The van der Waals surface area contributed by atoms with Crippen LogP contribution in [0.25, 0.3) is 0 Å². The van der Waals surface area contributed by atoms with E-state index in [0.29, 0.717) is 0 Å². The van der Waals surface area contributed by atoms with Crippen molar-refractivity contribution in [2.24, 2.45) is 10.8 Å². The summed E-state index contributed by atoms with van der Waals surface area (Å²) in [5.74, 6) is 2.24. The molecule has 52 valence electrons. The lowest BCUT2D eigenvalue weighted by atomic mass is 10.5. The van der Waals surface area contributed by atoms with Crippen LogP contribution in [0.1, 0.15) is 0 Å². The molecule has 4 heteroatoms. The van der Waals surface area contributed by atoms with Gasteiger partial charge in [-0.3, -0.25) is 0 Å². The Hall–Kier alpha value is -1.76. The number of hydrogen-bond acceptors (Lipinski definition) is 2. The predicted octanol–water partition coefficient (Wildman–Crippen LogP) is -0.170.